The summed E-state index contributed by atoms with van der Waals surface area (Å²) in [5.74, 6) is 1.04. The van der Waals surface area contributed by atoms with Crippen LogP contribution in [-0.2, 0) is 11.2 Å². The number of hydrogen-bond donors (Lipinski definition) is 1. The number of carbonyl (C=O) groups is 1. The van der Waals surface area contributed by atoms with Gasteiger partial charge in [-0.1, -0.05) is 11.6 Å². The standard InChI is InChI=1S/C23H22ClN7O/c24-17-3-4-18(26-14-17)5-6-21(32)30-8-10-31(11-9-30)23-19-12-20(16-2-1-7-25-13-16)29-22(19)27-15-28-23/h1-4,7,12-15H,5-6,8-11H2,(H,27,28,29). The molecule has 0 aliphatic carbocycles. The molecule has 0 bridgehead atoms. The number of anilines is 1. The zero-order valence-corrected chi connectivity index (χ0v) is 18.2. The number of aromatic nitrogens is 5. The molecule has 0 spiro atoms. The maximum absolute atomic E-state index is 12.7. The number of H-pyrrole nitrogens is 1. The second-order valence-electron chi connectivity index (χ2n) is 7.72. The van der Waals surface area contributed by atoms with Gasteiger partial charge < -0.3 is 14.8 Å². The van der Waals surface area contributed by atoms with Gasteiger partial charge >= 0.3 is 0 Å². The highest BCUT2D eigenvalue weighted by atomic mass is 35.5. The smallest absolute Gasteiger partial charge is 0.223 e. The van der Waals surface area contributed by atoms with Crippen LogP contribution >= 0.6 is 11.6 Å². The molecule has 1 saturated heterocycles. The van der Waals surface area contributed by atoms with Gasteiger partial charge in [0.05, 0.1) is 10.4 Å². The summed E-state index contributed by atoms with van der Waals surface area (Å²) in [4.78, 5) is 37.6. The fourth-order valence-electron chi connectivity index (χ4n) is 3.97. The molecule has 4 aromatic heterocycles. The highest BCUT2D eigenvalue weighted by Crippen LogP contribution is 2.29. The van der Waals surface area contributed by atoms with Crippen LogP contribution in [0.1, 0.15) is 12.1 Å². The Bertz CT molecular complexity index is 1220. The van der Waals surface area contributed by atoms with Crippen LogP contribution in [-0.4, -0.2) is 61.9 Å². The number of nitrogens with zero attached hydrogens (tertiary/aromatic N) is 6. The Kier molecular flexibility index (Phi) is 5.68. The first-order valence-electron chi connectivity index (χ1n) is 10.5. The first kappa shape index (κ1) is 20.4. The second-order valence-corrected chi connectivity index (χ2v) is 8.16. The lowest BCUT2D eigenvalue weighted by Gasteiger charge is -2.35. The predicted octanol–water partition coefficient (Wildman–Crippen LogP) is 3.35. The van der Waals surface area contributed by atoms with E-state index in [2.05, 4.69) is 35.9 Å². The van der Waals surface area contributed by atoms with Gasteiger partial charge in [-0.05, 0) is 36.8 Å². The van der Waals surface area contributed by atoms with Gasteiger partial charge in [-0.25, -0.2) is 9.97 Å². The summed E-state index contributed by atoms with van der Waals surface area (Å²) in [6, 6.07) is 9.65. The normalized spacial score (nSPS) is 14.2. The lowest BCUT2D eigenvalue weighted by molar-refractivity contribution is -0.131. The van der Waals surface area contributed by atoms with Crippen LogP contribution in [0.5, 0.6) is 0 Å². The number of aromatic amines is 1. The van der Waals surface area contributed by atoms with Crippen molar-refractivity contribution in [1.29, 1.82) is 0 Å². The summed E-state index contributed by atoms with van der Waals surface area (Å²) in [5, 5.41) is 1.57. The van der Waals surface area contributed by atoms with Crippen molar-refractivity contribution >= 4 is 34.4 Å². The third-order valence-corrected chi connectivity index (χ3v) is 5.92. The van der Waals surface area contributed by atoms with Gasteiger partial charge in [-0.2, -0.15) is 0 Å². The zero-order valence-electron chi connectivity index (χ0n) is 17.4. The second kappa shape index (κ2) is 8.92. The van der Waals surface area contributed by atoms with E-state index in [0.29, 0.717) is 31.0 Å². The summed E-state index contributed by atoms with van der Waals surface area (Å²) in [6.07, 6.45) is 7.83. The summed E-state index contributed by atoms with van der Waals surface area (Å²) in [5.41, 5.74) is 3.63. The minimum absolute atomic E-state index is 0.148. The van der Waals surface area contributed by atoms with E-state index in [1.54, 1.807) is 24.8 Å². The lowest BCUT2D eigenvalue weighted by Crippen LogP contribution is -2.49. The highest BCUT2D eigenvalue weighted by Gasteiger charge is 2.23. The van der Waals surface area contributed by atoms with E-state index in [1.807, 2.05) is 29.3 Å². The molecule has 0 saturated carbocycles. The number of pyridine rings is 2. The van der Waals surface area contributed by atoms with Crippen molar-refractivity contribution in [3.05, 3.63) is 66.0 Å². The third-order valence-electron chi connectivity index (χ3n) is 5.69. The van der Waals surface area contributed by atoms with Crippen LogP contribution in [0.25, 0.3) is 22.3 Å². The molecule has 0 radical (unpaired) electrons. The summed E-state index contributed by atoms with van der Waals surface area (Å²) < 4.78 is 0. The molecule has 8 nitrogen and oxygen atoms in total. The summed E-state index contributed by atoms with van der Waals surface area (Å²) >= 11 is 5.87. The summed E-state index contributed by atoms with van der Waals surface area (Å²) in [7, 11) is 0. The van der Waals surface area contributed by atoms with Crippen molar-refractivity contribution in [2.75, 3.05) is 31.1 Å². The SMILES string of the molecule is O=C(CCc1ccc(Cl)cn1)N1CCN(c2ncnc3[nH]c(-c4cccnc4)cc23)CC1. The van der Waals surface area contributed by atoms with Crippen LogP contribution in [0.4, 0.5) is 5.82 Å². The molecule has 9 heteroatoms. The van der Waals surface area contributed by atoms with E-state index in [1.165, 1.54) is 0 Å². The fourth-order valence-corrected chi connectivity index (χ4v) is 4.08. The number of fused-ring (bicyclic) bond motifs is 1. The number of carbonyl (C=O) groups excluding carboxylic acids is 1. The Hall–Kier alpha value is -3.52. The average Bonchev–Trinajstić information content (AvgIpc) is 3.29. The number of halogens is 1. The van der Waals surface area contributed by atoms with Gasteiger partial charge in [0.1, 0.15) is 17.8 Å². The van der Waals surface area contributed by atoms with Crippen LogP contribution < -0.4 is 4.90 Å². The molecule has 0 aromatic carbocycles. The van der Waals surface area contributed by atoms with Crippen LogP contribution in [0, 0.1) is 0 Å². The quantitative estimate of drug-likeness (QED) is 0.504. The highest BCUT2D eigenvalue weighted by molar-refractivity contribution is 6.30. The van der Waals surface area contributed by atoms with Gasteiger partial charge in [-0.15, -0.1) is 0 Å². The number of rotatable bonds is 5. The molecule has 1 amide bonds. The van der Waals surface area contributed by atoms with Crippen molar-refractivity contribution in [2.45, 2.75) is 12.8 Å². The van der Waals surface area contributed by atoms with E-state index in [4.69, 9.17) is 11.6 Å². The molecular formula is C23H22ClN7O. The molecule has 4 aromatic rings. The van der Waals surface area contributed by atoms with Crippen LogP contribution in [0.3, 0.4) is 0 Å². The minimum atomic E-state index is 0.148. The molecule has 162 valence electrons. The predicted molar refractivity (Wildman–Crippen MR) is 123 cm³/mol. The zero-order chi connectivity index (χ0) is 21.9. The Balaban J connectivity index is 1.24. The molecule has 1 fully saturated rings. The molecule has 32 heavy (non-hydrogen) atoms. The van der Waals surface area contributed by atoms with E-state index >= 15 is 0 Å². The van der Waals surface area contributed by atoms with Gasteiger partial charge in [0.15, 0.2) is 0 Å². The molecule has 5 rings (SSSR count). The first-order chi connectivity index (χ1) is 15.7. The van der Waals surface area contributed by atoms with Crippen molar-refractivity contribution in [3.63, 3.8) is 0 Å². The van der Waals surface area contributed by atoms with Crippen molar-refractivity contribution in [3.8, 4) is 11.3 Å². The molecule has 0 atom stereocenters. The fraction of sp³-hybridized carbons (Fsp3) is 0.261. The van der Waals surface area contributed by atoms with Gasteiger partial charge in [0.25, 0.3) is 0 Å². The number of hydrogen-bond acceptors (Lipinski definition) is 6. The maximum Gasteiger partial charge on any atom is 0.223 e. The van der Waals surface area contributed by atoms with Crippen LogP contribution in [0.15, 0.2) is 55.2 Å². The van der Waals surface area contributed by atoms with E-state index < -0.39 is 0 Å². The van der Waals surface area contributed by atoms with E-state index in [9.17, 15) is 4.79 Å². The molecule has 1 N–H and O–H groups in total. The Morgan fingerprint density at radius 3 is 2.69 bits per heavy atom. The third kappa shape index (κ3) is 4.27. The first-order valence-corrected chi connectivity index (χ1v) is 10.9. The summed E-state index contributed by atoms with van der Waals surface area (Å²) in [6.45, 7) is 2.78. The van der Waals surface area contributed by atoms with Gasteiger partial charge in [0, 0.05) is 68.1 Å². The number of nitrogens with one attached hydrogen (secondary N) is 1. The van der Waals surface area contributed by atoms with Crippen molar-refractivity contribution < 1.29 is 4.79 Å². The van der Waals surface area contributed by atoms with Crippen LogP contribution in [0.2, 0.25) is 5.02 Å². The van der Waals surface area contributed by atoms with Gasteiger partial charge in [-0.3, -0.25) is 14.8 Å². The van der Waals surface area contributed by atoms with Gasteiger partial charge in [0.2, 0.25) is 5.91 Å². The lowest BCUT2D eigenvalue weighted by atomic mass is 10.2. The topological polar surface area (TPSA) is 90.9 Å². The number of piperazine rings is 1. The minimum Gasteiger partial charge on any atom is -0.352 e. The van der Waals surface area contributed by atoms with E-state index in [-0.39, 0.29) is 5.91 Å². The average molecular weight is 448 g/mol. The Labute approximate surface area is 190 Å². The number of amides is 1. The molecule has 1 aliphatic rings. The largest absolute Gasteiger partial charge is 0.352 e. The molecule has 1 aliphatic heterocycles. The molecule has 5 heterocycles. The molecule has 0 unspecified atom stereocenters. The Morgan fingerprint density at radius 1 is 1.06 bits per heavy atom. The molecular weight excluding hydrogens is 426 g/mol. The Morgan fingerprint density at radius 2 is 1.94 bits per heavy atom. The number of aryl methyl sites for hydroxylation is 1. The maximum atomic E-state index is 12.7. The van der Waals surface area contributed by atoms with E-state index in [0.717, 1.165) is 46.9 Å². The van der Waals surface area contributed by atoms with Crippen molar-refractivity contribution in [2.24, 2.45) is 0 Å². The van der Waals surface area contributed by atoms with Crippen molar-refractivity contribution in [1.82, 2.24) is 29.8 Å². The monoisotopic (exact) mass is 447 g/mol.